The van der Waals surface area contributed by atoms with Crippen LogP contribution in [-0.2, 0) is 23.8 Å². The Balaban J connectivity index is 2.30. The van der Waals surface area contributed by atoms with Crippen molar-refractivity contribution in [3.63, 3.8) is 0 Å². The van der Waals surface area contributed by atoms with Crippen molar-refractivity contribution in [2.24, 2.45) is 0 Å². The van der Waals surface area contributed by atoms with Gasteiger partial charge in [-0.05, 0) is 13.8 Å². The number of carbonyl (C=O) groups excluding carboxylic acids is 2. The lowest BCUT2D eigenvalue weighted by atomic mass is 10.2. The average Bonchev–Trinajstić information content (AvgIpc) is 2.37. The number of ether oxygens (including phenoxy) is 3. The molecule has 0 amide bonds. The maximum Gasteiger partial charge on any atom is 0.336 e. The predicted molar refractivity (Wildman–Crippen MR) is 64.1 cm³/mol. The van der Waals surface area contributed by atoms with E-state index in [0.29, 0.717) is 39.3 Å². The summed E-state index contributed by atoms with van der Waals surface area (Å²) < 4.78 is 15.1. The second kappa shape index (κ2) is 8.05. The lowest BCUT2D eigenvalue weighted by Crippen LogP contribution is -2.47. The molecule has 104 valence electrons. The molecule has 1 rings (SSSR count). The monoisotopic (exact) mass is 259 g/mol. The molecule has 1 heterocycles. The fourth-order valence-corrected chi connectivity index (χ4v) is 1.77. The van der Waals surface area contributed by atoms with E-state index in [2.05, 4.69) is 0 Å². The van der Waals surface area contributed by atoms with Crippen LogP contribution in [0.4, 0.5) is 0 Å². The van der Waals surface area contributed by atoms with Gasteiger partial charge in [-0.3, -0.25) is 9.69 Å². The van der Waals surface area contributed by atoms with E-state index in [4.69, 9.17) is 14.2 Å². The maximum absolute atomic E-state index is 11.5. The van der Waals surface area contributed by atoms with Crippen molar-refractivity contribution in [3.05, 3.63) is 0 Å². The molecule has 0 saturated carbocycles. The molecule has 0 aromatic rings. The van der Waals surface area contributed by atoms with Gasteiger partial charge in [-0.25, -0.2) is 4.79 Å². The van der Waals surface area contributed by atoms with Crippen LogP contribution in [0.15, 0.2) is 0 Å². The molecule has 0 aliphatic carbocycles. The summed E-state index contributed by atoms with van der Waals surface area (Å²) in [6.07, 6.45) is -0.204. The van der Waals surface area contributed by atoms with Crippen LogP contribution in [-0.4, -0.2) is 62.4 Å². The zero-order valence-electron chi connectivity index (χ0n) is 11.0. The molecule has 1 aliphatic heterocycles. The average molecular weight is 259 g/mol. The molecule has 6 nitrogen and oxygen atoms in total. The Morgan fingerprint density at radius 3 is 2.67 bits per heavy atom. The van der Waals surface area contributed by atoms with Crippen LogP contribution in [0.3, 0.4) is 0 Å². The van der Waals surface area contributed by atoms with E-state index in [-0.39, 0.29) is 11.9 Å². The van der Waals surface area contributed by atoms with E-state index in [0.717, 1.165) is 6.54 Å². The van der Waals surface area contributed by atoms with E-state index in [1.165, 1.54) is 0 Å². The standard InChI is InChI=1S/C12H21NO5/c1-3-16-11(14)5-6-13-7-8-18-10(9-13)12(15)17-4-2/h10H,3-9H2,1-2H3. The minimum atomic E-state index is -0.541. The highest BCUT2D eigenvalue weighted by molar-refractivity contribution is 5.75. The molecule has 0 spiro atoms. The van der Waals surface area contributed by atoms with Gasteiger partial charge in [-0.15, -0.1) is 0 Å². The summed E-state index contributed by atoms with van der Waals surface area (Å²) in [5.41, 5.74) is 0. The smallest absolute Gasteiger partial charge is 0.336 e. The molecule has 18 heavy (non-hydrogen) atoms. The Kier molecular flexibility index (Phi) is 6.67. The Hall–Kier alpha value is -1.14. The minimum absolute atomic E-state index is 0.211. The highest BCUT2D eigenvalue weighted by Crippen LogP contribution is 2.07. The van der Waals surface area contributed by atoms with E-state index in [1.54, 1.807) is 13.8 Å². The third-order valence-corrected chi connectivity index (χ3v) is 2.64. The molecule has 6 heteroatoms. The Bertz CT molecular complexity index is 282. The second-order valence-electron chi connectivity index (χ2n) is 3.97. The number of hydrogen-bond donors (Lipinski definition) is 0. The summed E-state index contributed by atoms with van der Waals surface area (Å²) in [7, 11) is 0. The summed E-state index contributed by atoms with van der Waals surface area (Å²) in [6, 6.07) is 0. The van der Waals surface area contributed by atoms with Gasteiger partial charge in [0.1, 0.15) is 0 Å². The lowest BCUT2D eigenvalue weighted by molar-refractivity contribution is -0.162. The molecule has 1 fully saturated rings. The maximum atomic E-state index is 11.5. The fraction of sp³-hybridized carbons (Fsp3) is 0.833. The summed E-state index contributed by atoms with van der Waals surface area (Å²) in [5, 5.41) is 0. The molecule has 0 N–H and O–H groups in total. The van der Waals surface area contributed by atoms with Gasteiger partial charge in [0.15, 0.2) is 6.10 Å². The molecule has 1 atom stereocenters. The Morgan fingerprint density at radius 1 is 1.28 bits per heavy atom. The van der Waals surface area contributed by atoms with Crippen LogP contribution in [0.25, 0.3) is 0 Å². The fourth-order valence-electron chi connectivity index (χ4n) is 1.77. The van der Waals surface area contributed by atoms with Crippen molar-refractivity contribution in [1.82, 2.24) is 4.90 Å². The molecule has 0 radical (unpaired) electrons. The minimum Gasteiger partial charge on any atom is -0.466 e. The van der Waals surface area contributed by atoms with E-state index in [1.807, 2.05) is 4.90 Å². The van der Waals surface area contributed by atoms with Crippen molar-refractivity contribution in [2.75, 3.05) is 39.5 Å². The van der Waals surface area contributed by atoms with Gasteiger partial charge in [0.05, 0.1) is 26.2 Å². The highest BCUT2D eigenvalue weighted by atomic mass is 16.6. The number of morpholine rings is 1. The van der Waals surface area contributed by atoms with Crippen molar-refractivity contribution in [2.45, 2.75) is 26.4 Å². The van der Waals surface area contributed by atoms with E-state index < -0.39 is 6.10 Å². The zero-order chi connectivity index (χ0) is 13.4. The molecule has 1 saturated heterocycles. The normalized spacial score (nSPS) is 20.4. The third kappa shape index (κ3) is 5.01. The second-order valence-corrected chi connectivity index (χ2v) is 3.97. The molecular formula is C12H21NO5. The van der Waals surface area contributed by atoms with Crippen LogP contribution < -0.4 is 0 Å². The summed E-state index contributed by atoms with van der Waals surface area (Å²) in [5.74, 6) is -0.546. The van der Waals surface area contributed by atoms with Crippen LogP contribution in [0.2, 0.25) is 0 Å². The SMILES string of the molecule is CCOC(=O)CCN1CCOC(C(=O)OCC)C1. The van der Waals surface area contributed by atoms with Gasteiger partial charge in [0.2, 0.25) is 0 Å². The van der Waals surface area contributed by atoms with Crippen LogP contribution >= 0.6 is 0 Å². The number of esters is 2. The van der Waals surface area contributed by atoms with E-state index >= 15 is 0 Å². The van der Waals surface area contributed by atoms with Crippen LogP contribution in [0, 0.1) is 0 Å². The van der Waals surface area contributed by atoms with Crippen molar-refractivity contribution < 1.29 is 23.8 Å². The largest absolute Gasteiger partial charge is 0.466 e. The van der Waals surface area contributed by atoms with Crippen LogP contribution in [0.5, 0.6) is 0 Å². The van der Waals surface area contributed by atoms with Gasteiger partial charge in [0.25, 0.3) is 0 Å². The van der Waals surface area contributed by atoms with Crippen molar-refractivity contribution in [1.29, 1.82) is 0 Å². The van der Waals surface area contributed by atoms with Crippen LogP contribution in [0.1, 0.15) is 20.3 Å². The molecule has 0 bridgehead atoms. The third-order valence-electron chi connectivity index (χ3n) is 2.64. The van der Waals surface area contributed by atoms with Gasteiger partial charge in [-0.1, -0.05) is 0 Å². The summed E-state index contributed by atoms with van der Waals surface area (Å²) in [6.45, 7) is 6.54. The molecule has 1 aliphatic rings. The lowest BCUT2D eigenvalue weighted by Gasteiger charge is -2.31. The van der Waals surface area contributed by atoms with Gasteiger partial charge < -0.3 is 14.2 Å². The first-order chi connectivity index (χ1) is 8.67. The first-order valence-corrected chi connectivity index (χ1v) is 6.33. The summed E-state index contributed by atoms with van der Waals surface area (Å²) >= 11 is 0. The predicted octanol–water partition coefficient (Wildman–Crippen LogP) is 0.204. The quantitative estimate of drug-likeness (QED) is 0.635. The molecule has 1 unspecified atom stereocenters. The number of rotatable bonds is 6. The molecule has 0 aromatic carbocycles. The van der Waals surface area contributed by atoms with Crippen molar-refractivity contribution in [3.8, 4) is 0 Å². The first kappa shape index (κ1) is 14.9. The van der Waals surface area contributed by atoms with E-state index in [9.17, 15) is 9.59 Å². The number of carbonyl (C=O) groups is 2. The summed E-state index contributed by atoms with van der Waals surface area (Å²) in [4.78, 5) is 24.8. The molecular weight excluding hydrogens is 238 g/mol. The van der Waals surface area contributed by atoms with Gasteiger partial charge in [-0.2, -0.15) is 0 Å². The number of nitrogens with zero attached hydrogens (tertiary/aromatic N) is 1. The number of hydrogen-bond acceptors (Lipinski definition) is 6. The van der Waals surface area contributed by atoms with Gasteiger partial charge >= 0.3 is 11.9 Å². The Labute approximate surface area is 107 Å². The molecule has 0 aromatic heterocycles. The zero-order valence-corrected chi connectivity index (χ0v) is 11.0. The highest BCUT2D eigenvalue weighted by Gasteiger charge is 2.27. The first-order valence-electron chi connectivity index (χ1n) is 6.33. The van der Waals surface area contributed by atoms with Crippen molar-refractivity contribution >= 4 is 11.9 Å². The topological polar surface area (TPSA) is 65.1 Å². The Morgan fingerprint density at radius 2 is 2.00 bits per heavy atom. The van der Waals surface area contributed by atoms with Gasteiger partial charge in [0, 0.05) is 19.6 Å².